The number of rotatable bonds is 5. The normalized spacial score (nSPS) is 23.3. The number of halogens is 1. The molecule has 1 aromatic rings. The first-order valence-corrected chi connectivity index (χ1v) is 6.91. The van der Waals surface area contributed by atoms with Gasteiger partial charge in [-0.05, 0) is 25.7 Å². The number of methoxy groups -OCH3 is 1. The quantitative estimate of drug-likeness (QED) is 0.835. The van der Waals surface area contributed by atoms with E-state index in [9.17, 15) is 0 Å². The van der Waals surface area contributed by atoms with Gasteiger partial charge in [-0.15, -0.1) is 0 Å². The average Bonchev–Trinajstić information content (AvgIpc) is 2.81. The molecule has 2 atom stereocenters. The molecular formula is C13H20ClN3O. The van der Waals surface area contributed by atoms with Crippen LogP contribution >= 0.6 is 11.6 Å². The van der Waals surface area contributed by atoms with Crippen molar-refractivity contribution >= 4 is 17.4 Å². The first kappa shape index (κ1) is 13.6. The minimum absolute atomic E-state index is 0.370. The van der Waals surface area contributed by atoms with Crippen molar-refractivity contribution in [2.24, 2.45) is 0 Å². The lowest BCUT2D eigenvalue weighted by molar-refractivity contribution is 0.108. The SMILES string of the molecule is CCCc1c(Cl)ncnc1NC1CCC(OC)C1. The number of hydrogen-bond donors (Lipinski definition) is 1. The van der Waals surface area contributed by atoms with Crippen molar-refractivity contribution in [2.75, 3.05) is 12.4 Å². The number of nitrogens with one attached hydrogen (secondary N) is 1. The van der Waals surface area contributed by atoms with E-state index >= 15 is 0 Å². The van der Waals surface area contributed by atoms with Crippen LogP contribution in [0.25, 0.3) is 0 Å². The van der Waals surface area contributed by atoms with E-state index in [2.05, 4.69) is 22.2 Å². The van der Waals surface area contributed by atoms with Gasteiger partial charge in [0, 0.05) is 18.7 Å². The molecule has 1 aliphatic carbocycles. The second-order valence-corrected chi connectivity index (χ2v) is 5.11. The molecule has 1 N–H and O–H groups in total. The predicted octanol–water partition coefficient (Wildman–Crippen LogP) is 3.06. The molecule has 1 aliphatic rings. The molecule has 5 heteroatoms. The Hall–Kier alpha value is -0.870. The fraction of sp³-hybridized carbons (Fsp3) is 0.692. The summed E-state index contributed by atoms with van der Waals surface area (Å²) in [6.07, 6.45) is 7.09. The summed E-state index contributed by atoms with van der Waals surface area (Å²) < 4.78 is 5.38. The predicted molar refractivity (Wildman–Crippen MR) is 73.1 cm³/mol. The highest BCUT2D eigenvalue weighted by molar-refractivity contribution is 6.30. The van der Waals surface area contributed by atoms with E-state index < -0.39 is 0 Å². The highest BCUT2D eigenvalue weighted by Gasteiger charge is 2.25. The summed E-state index contributed by atoms with van der Waals surface area (Å²) in [6.45, 7) is 2.13. The molecule has 0 aromatic carbocycles. The van der Waals surface area contributed by atoms with Crippen molar-refractivity contribution in [3.05, 3.63) is 17.0 Å². The first-order valence-electron chi connectivity index (χ1n) is 6.53. The topological polar surface area (TPSA) is 47.0 Å². The molecule has 18 heavy (non-hydrogen) atoms. The summed E-state index contributed by atoms with van der Waals surface area (Å²) in [5.74, 6) is 0.888. The van der Waals surface area contributed by atoms with Crippen molar-refractivity contribution in [1.29, 1.82) is 0 Å². The Bertz CT molecular complexity index is 400. The minimum Gasteiger partial charge on any atom is -0.381 e. The van der Waals surface area contributed by atoms with E-state index in [1.165, 1.54) is 6.33 Å². The van der Waals surface area contributed by atoms with Crippen LogP contribution in [0.15, 0.2) is 6.33 Å². The van der Waals surface area contributed by atoms with Crippen LogP contribution in [0.5, 0.6) is 0 Å². The molecule has 2 rings (SSSR count). The molecule has 1 heterocycles. The van der Waals surface area contributed by atoms with Crippen molar-refractivity contribution in [3.8, 4) is 0 Å². The Morgan fingerprint density at radius 1 is 1.44 bits per heavy atom. The van der Waals surface area contributed by atoms with Gasteiger partial charge in [-0.1, -0.05) is 24.9 Å². The number of ether oxygens (including phenoxy) is 1. The van der Waals surface area contributed by atoms with E-state index in [-0.39, 0.29) is 0 Å². The Kier molecular flexibility index (Phi) is 4.78. The van der Waals surface area contributed by atoms with Crippen molar-refractivity contribution < 1.29 is 4.74 Å². The number of hydrogen-bond acceptors (Lipinski definition) is 4. The zero-order chi connectivity index (χ0) is 13.0. The lowest BCUT2D eigenvalue weighted by Crippen LogP contribution is -2.19. The van der Waals surface area contributed by atoms with Crippen LogP contribution in [0.2, 0.25) is 5.15 Å². The Labute approximate surface area is 113 Å². The maximum absolute atomic E-state index is 6.13. The van der Waals surface area contributed by atoms with Gasteiger partial charge in [-0.25, -0.2) is 9.97 Å². The van der Waals surface area contributed by atoms with Crippen LogP contribution in [-0.2, 0) is 11.2 Å². The highest BCUT2D eigenvalue weighted by Crippen LogP contribution is 2.27. The average molecular weight is 270 g/mol. The van der Waals surface area contributed by atoms with Gasteiger partial charge in [0.1, 0.15) is 17.3 Å². The standard InChI is InChI=1S/C13H20ClN3O/c1-3-4-11-12(14)15-8-16-13(11)17-9-5-6-10(7-9)18-2/h8-10H,3-7H2,1-2H3,(H,15,16,17). The molecule has 100 valence electrons. The van der Waals surface area contributed by atoms with Crippen molar-refractivity contribution in [2.45, 2.75) is 51.2 Å². The second-order valence-electron chi connectivity index (χ2n) is 4.75. The van der Waals surface area contributed by atoms with Crippen LogP contribution in [0, 0.1) is 0 Å². The van der Waals surface area contributed by atoms with Crippen LogP contribution in [0.4, 0.5) is 5.82 Å². The molecule has 4 nitrogen and oxygen atoms in total. The molecule has 1 saturated carbocycles. The van der Waals surface area contributed by atoms with E-state index in [0.29, 0.717) is 17.3 Å². The van der Waals surface area contributed by atoms with Crippen LogP contribution in [0.3, 0.4) is 0 Å². The van der Waals surface area contributed by atoms with Crippen LogP contribution in [-0.4, -0.2) is 29.2 Å². The van der Waals surface area contributed by atoms with Gasteiger partial charge in [0.25, 0.3) is 0 Å². The number of anilines is 1. The van der Waals surface area contributed by atoms with Gasteiger partial charge in [-0.3, -0.25) is 0 Å². The number of nitrogens with zero attached hydrogens (tertiary/aromatic N) is 2. The lowest BCUT2D eigenvalue weighted by atomic mass is 10.1. The fourth-order valence-electron chi connectivity index (χ4n) is 2.47. The third kappa shape index (κ3) is 3.12. The third-order valence-electron chi connectivity index (χ3n) is 3.45. The Balaban J connectivity index is 2.07. The molecule has 0 aliphatic heterocycles. The Morgan fingerprint density at radius 3 is 2.94 bits per heavy atom. The molecule has 1 fully saturated rings. The van der Waals surface area contributed by atoms with E-state index in [4.69, 9.17) is 16.3 Å². The van der Waals surface area contributed by atoms with Gasteiger partial charge in [0.2, 0.25) is 0 Å². The molecule has 0 bridgehead atoms. The monoisotopic (exact) mass is 269 g/mol. The maximum atomic E-state index is 6.13. The van der Waals surface area contributed by atoms with Gasteiger partial charge in [0.15, 0.2) is 0 Å². The summed E-state index contributed by atoms with van der Waals surface area (Å²) >= 11 is 6.13. The van der Waals surface area contributed by atoms with E-state index in [1.54, 1.807) is 7.11 Å². The maximum Gasteiger partial charge on any atom is 0.137 e. The van der Waals surface area contributed by atoms with Crippen molar-refractivity contribution in [3.63, 3.8) is 0 Å². The summed E-state index contributed by atoms with van der Waals surface area (Å²) in [5.41, 5.74) is 1.03. The second kappa shape index (κ2) is 6.34. The molecule has 0 radical (unpaired) electrons. The zero-order valence-corrected chi connectivity index (χ0v) is 11.7. The van der Waals surface area contributed by atoms with Crippen molar-refractivity contribution in [1.82, 2.24) is 9.97 Å². The minimum atomic E-state index is 0.370. The summed E-state index contributed by atoms with van der Waals surface area (Å²) in [4.78, 5) is 8.38. The van der Waals surface area contributed by atoms with E-state index in [1.807, 2.05) is 0 Å². The largest absolute Gasteiger partial charge is 0.381 e. The van der Waals surface area contributed by atoms with Gasteiger partial charge >= 0.3 is 0 Å². The van der Waals surface area contributed by atoms with Gasteiger partial charge in [-0.2, -0.15) is 0 Å². The van der Waals surface area contributed by atoms with Gasteiger partial charge in [0.05, 0.1) is 6.10 Å². The van der Waals surface area contributed by atoms with Crippen LogP contribution in [0.1, 0.15) is 38.2 Å². The summed E-state index contributed by atoms with van der Waals surface area (Å²) in [5, 5.41) is 4.05. The molecule has 0 spiro atoms. The van der Waals surface area contributed by atoms with Gasteiger partial charge < -0.3 is 10.1 Å². The Morgan fingerprint density at radius 2 is 2.28 bits per heavy atom. The zero-order valence-electron chi connectivity index (χ0n) is 10.9. The first-order chi connectivity index (χ1) is 8.74. The molecule has 0 saturated heterocycles. The smallest absolute Gasteiger partial charge is 0.137 e. The van der Waals surface area contributed by atoms with E-state index in [0.717, 1.165) is 43.5 Å². The summed E-state index contributed by atoms with van der Waals surface area (Å²) in [7, 11) is 1.77. The molecule has 0 amide bonds. The highest BCUT2D eigenvalue weighted by atomic mass is 35.5. The van der Waals surface area contributed by atoms with Crippen LogP contribution < -0.4 is 5.32 Å². The molecule has 1 aromatic heterocycles. The lowest BCUT2D eigenvalue weighted by Gasteiger charge is -2.16. The third-order valence-corrected chi connectivity index (χ3v) is 3.78. The molecular weight excluding hydrogens is 250 g/mol. The summed E-state index contributed by atoms with van der Waals surface area (Å²) in [6, 6.07) is 0.427. The molecule has 2 unspecified atom stereocenters. The fourth-order valence-corrected chi connectivity index (χ4v) is 2.69. The number of aromatic nitrogens is 2.